The Bertz CT molecular complexity index is 833. The molecule has 0 spiro atoms. The van der Waals surface area contributed by atoms with Gasteiger partial charge >= 0.3 is 0 Å². The molecule has 4 fully saturated rings. The zero-order valence-corrected chi connectivity index (χ0v) is 18.0. The minimum atomic E-state index is -0.585. The number of halogens is 4. The Kier molecular flexibility index (Phi) is 4.50. The predicted molar refractivity (Wildman–Crippen MR) is 108 cm³/mol. The molecule has 1 aromatic carbocycles. The van der Waals surface area contributed by atoms with Crippen LogP contribution in [0.1, 0.15) is 59.2 Å². The average Bonchev–Trinajstić information content (AvgIpc) is 2.89. The SMILES string of the molecule is O=C1c2c(Cl)c(Cl)c(Cl)c(Cl)c2C(=O)N1C(CO)C12CC3CC(CC(C3)C1)C2. The third kappa shape index (κ3) is 2.48. The normalized spacial score (nSPS) is 34.3. The van der Waals surface area contributed by atoms with Gasteiger partial charge in [-0.25, -0.2) is 0 Å². The number of carbonyl (C=O) groups is 2. The first-order chi connectivity index (χ1) is 13.3. The van der Waals surface area contributed by atoms with Crippen LogP contribution in [0.5, 0.6) is 0 Å². The number of imide groups is 1. The van der Waals surface area contributed by atoms with E-state index in [0.29, 0.717) is 17.8 Å². The van der Waals surface area contributed by atoms with E-state index >= 15 is 0 Å². The van der Waals surface area contributed by atoms with Crippen molar-refractivity contribution in [1.82, 2.24) is 4.90 Å². The van der Waals surface area contributed by atoms with Gasteiger partial charge in [-0.3, -0.25) is 14.5 Å². The number of carbonyl (C=O) groups excluding carboxylic acids is 2. The van der Waals surface area contributed by atoms with Crippen LogP contribution in [0.4, 0.5) is 0 Å². The lowest BCUT2D eigenvalue weighted by atomic mass is 9.47. The lowest BCUT2D eigenvalue weighted by Crippen LogP contribution is -2.59. The molecule has 0 saturated heterocycles. The Hall–Kier alpha value is -0.520. The van der Waals surface area contributed by atoms with E-state index in [2.05, 4.69) is 0 Å². The summed E-state index contributed by atoms with van der Waals surface area (Å²) in [6, 6.07) is -0.585. The zero-order valence-electron chi connectivity index (χ0n) is 15.0. The Morgan fingerprint density at radius 3 is 1.57 bits per heavy atom. The number of aliphatic hydroxyl groups is 1. The topological polar surface area (TPSA) is 57.6 Å². The molecule has 4 saturated carbocycles. The minimum absolute atomic E-state index is 0.00533. The summed E-state index contributed by atoms with van der Waals surface area (Å²) < 4.78 is 0. The molecule has 4 bridgehead atoms. The van der Waals surface area contributed by atoms with E-state index in [1.165, 1.54) is 24.2 Å². The second kappa shape index (κ2) is 6.49. The van der Waals surface area contributed by atoms with E-state index in [1.807, 2.05) is 0 Å². The van der Waals surface area contributed by atoms with Gasteiger partial charge < -0.3 is 5.11 Å². The number of fused-ring (bicyclic) bond motifs is 1. The summed E-state index contributed by atoms with van der Waals surface area (Å²) in [4.78, 5) is 27.8. The molecule has 150 valence electrons. The summed E-state index contributed by atoms with van der Waals surface area (Å²) >= 11 is 24.8. The molecule has 4 aliphatic carbocycles. The van der Waals surface area contributed by atoms with Crippen molar-refractivity contribution in [2.75, 3.05) is 6.61 Å². The lowest BCUT2D eigenvalue weighted by Gasteiger charge is -2.60. The molecule has 1 aliphatic heterocycles. The smallest absolute Gasteiger partial charge is 0.263 e. The number of hydrogen-bond donors (Lipinski definition) is 1. The molecule has 4 nitrogen and oxygen atoms in total. The Morgan fingerprint density at radius 2 is 1.21 bits per heavy atom. The number of hydrogen-bond acceptors (Lipinski definition) is 3. The summed E-state index contributed by atoms with van der Waals surface area (Å²) in [5.74, 6) is 0.769. The number of amides is 2. The van der Waals surface area contributed by atoms with E-state index in [-0.39, 0.29) is 43.2 Å². The van der Waals surface area contributed by atoms with Crippen molar-refractivity contribution in [1.29, 1.82) is 0 Å². The van der Waals surface area contributed by atoms with Gasteiger partial charge in [0.1, 0.15) is 0 Å². The Morgan fingerprint density at radius 1 is 0.821 bits per heavy atom. The van der Waals surface area contributed by atoms with Crippen LogP contribution < -0.4 is 0 Å². The first-order valence-electron chi connectivity index (χ1n) is 9.62. The maximum atomic E-state index is 13.3. The zero-order chi connectivity index (χ0) is 20.0. The van der Waals surface area contributed by atoms with Crippen molar-refractivity contribution in [3.05, 3.63) is 31.2 Å². The van der Waals surface area contributed by atoms with Crippen LogP contribution in [0.15, 0.2) is 0 Å². The standard InChI is InChI=1S/C20H19Cl4NO3/c21-14-12-13(15(22)17(24)16(14)23)19(28)25(18(12)27)11(7-26)20-4-8-1-9(5-20)3-10(2-8)6-20/h8-11,26H,1-7H2. The van der Waals surface area contributed by atoms with Crippen molar-refractivity contribution in [2.45, 2.75) is 44.6 Å². The van der Waals surface area contributed by atoms with E-state index in [0.717, 1.165) is 19.3 Å². The quantitative estimate of drug-likeness (QED) is 0.368. The van der Waals surface area contributed by atoms with E-state index in [4.69, 9.17) is 46.4 Å². The Labute approximate surface area is 183 Å². The van der Waals surface area contributed by atoms with Crippen LogP contribution in [-0.4, -0.2) is 34.5 Å². The fraction of sp³-hybridized carbons (Fsp3) is 0.600. The molecule has 0 radical (unpaired) electrons. The minimum Gasteiger partial charge on any atom is -0.394 e. The largest absolute Gasteiger partial charge is 0.394 e. The fourth-order valence-electron chi connectivity index (χ4n) is 6.78. The van der Waals surface area contributed by atoms with Crippen molar-refractivity contribution < 1.29 is 14.7 Å². The predicted octanol–water partition coefficient (Wildman–Crippen LogP) is 5.47. The molecule has 1 unspecified atom stereocenters. The van der Waals surface area contributed by atoms with Crippen molar-refractivity contribution in [3.8, 4) is 0 Å². The van der Waals surface area contributed by atoms with E-state index in [1.54, 1.807) is 0 Å². The molecule has 1 N–H and O–H groups in total. The fourth-order valence-corrected chi connectivity index (χ4v) is 7.80. The van der Waals surface area contributed by atoms with Gasteiger partial charge in [0, 0.05) is 0 Å². The highest BCUT2D eigenvalue weighted by Gasteiger charge is 2.58. The molecule has 0 aromatic heterocycles. The summed E-state index contributed by atoms with van der Waals surface area (Å²) in [6.45, 7) is -0.270. The van der Waals surface area contributed by atoms with Crippen molar-refractivity contribution in [2.24, 2.45) is 23.2 Å². The number of benzene rings is 1. The maximum Gasteiger partial charge on any atom is 0.263 e. The van der Waals surface area contributed by atoms with Gasteiger partial charge in [0.05, 0.1) is 43.9 Å². The lowest BCUT2D eigenvalue weighted by molar-refractivity contribution is -0.0989. The monoisotopic (exact) mass is 461 g/mol. The molecule has 2 amide bonds. The molecule has 1 aromatic rings. The van der Waals surface area contributed by atoms with Crippen LogP contribution in [0, 0.1) is 23.2 Å². The van der Waals surface area contributed by atoms with E-state index < -0.39 is 17.9 Å². The van der Waals surface area contributed by atoms with Crippen LogP contribution in [-0.2, 0) is 0 Å². The number of rotatable bonds is 3. The second-order valence-electron chi connectivity index (χ2n) is 8.96. The number of nitrogens with zero attached hydrogens (tertiary/aromatic N) is 1. The molecule has 1 atom stereocenters. The van der Waals surface area contributed by atoms with Gasteiger partial charge in [0.2, 0.25) is 0 Å². The van der Waals surface area contributed by atoms with Gasteiger partial charge in [-0.2, -0.15) is 0 Å². The first kappa shape index (κ1) is 19.4. The third-order valence-corrected chi connectivity index (χ3v) is 9.21. The maximum absolute atomic E-state index is 13.3. The molecular formula is C20H19Cl4NO3. The van der Waals surface area contributed by atoms with Crippen LogP contribution in [0.2, 0.25) is 20.1 Å². The van der Waals surface area contributed by atoms with Crippen molar-refractivity contribution >= 4 is 58.2 Å². The summed E-state index contributed by atoms with van der Waals surface area (Å²) in [7, 11) is 0. The van der Waals surface area contributed by atoms with Gasteiger partial charge in [0.15, 0.2) is 0 Å². The Balaban J connectivity index is 1.60. The van der Waals surface area contributed by atoms with Crippen molar-refractivity contribution in [3.63, 3.8) is 0 Å². The molecule has 5 aliphatic rings. The van der Waals surface area contributed by atoms with Gasteiger partial charge in [-0.1, -0.05) is 46.4 Å². The molecule has 6 rings (SSSR count). The number of aliphatic hydroxyl groups excluding tert-OH is 1. The van der Waals surface area contributed by atoms with Crippen LogP contribution >= 0.6 is 46.4 Å². The molecule has 28 heavy (non-hydrogen) atoms. The highest BCUT2D eigenvalue weighted by molar-refractivity contribution is 6.55. The highest BCUT2D eigenvalue weighted by atomic mass is 35.5. The summed E-state index contributed by atoms with van der Waals surface area (Å²) in [5.41, 5.74) is -0.243. The second-order valence-corrected chi connectivity index (χ2v) is 10.5. The van der Waals surface area contributed by atoms with Gasteiger partial charge in [-0.15, -0.1) is 0 Å². The molecule has 8 heteroatoms. The van der Waals surface area contributed by atoms with E-state index in [9.17, 15) is 14.7 Å². The van der Waals surface area contributed by atoms with Crippen LogP contribution in [0.3, 0.4) is 0 Å². The van der Waals surface area contributed by atoms with Gasteiger partial charge in [0.25, 0.3) is 11.8 Å². The third-order valence-electron chi connectivity index (χ3n) is 7.41. The highest BCUT2D eigenvalue weighted by Crippen LogP contribution is 2.62. The summed E-state index contributed by atoms with van der Waals surface area (Å²) in [5, 5.41) is 10.1. The molecular weight excluding hydrogens is 444 g/mol. The summed E-state index contributed by atoms with van der Waals surface area (Å²) in [6.07, 6.45) is 6.51. The molecule has 1 heterocycles. The van der Waals surface area contributed by atoms with Gasteiger partial charge in [-0.05, 0) is 61.7 Å². The first-order valence-corrected chi connectivity index (χ1v) is 11.1. The average molecular weight is 463 g/mol. The van der Waals surface area contributed by atoms with Crippen LogP contribution in [0.25, 0.3) is 0 Å².